The predicted octanol–water partition coefficient (Wildman–Crippen LogP) is 1.24. The SMILES string of the molecule is NCCCc1ncc(C(F)F)[nH]1. The van der Waals surface area contributed by atoms with E-state index in [2.05, 4.69) is 9.97 Å². The molecule has 0 aliphatic rings. The maximum absolute atomic E-state index is 12.0. The minimum Gasteiger partial charge on any atom is -0.341 e. The number of rotatable bonds is 4. The summed E-state index contributed by atoms with van der Waals surface area (Å²) in [5.41, 5.74) is 5.13. The fourth-order valence-electron chi connectivity index (χ4n) is 0.886. The summed E-state index contributed by atoms with van der Waals surface area (Å²) in [5, 5.41) is 0. The van der Waals surface area contributed by atoms with Crippen LogP contribution in [-0.2, 0) is 6.42 Å². The van der Waals surface area contributed by atoms with E-state index >= 15 is 0 Å². The van der Waals surface area contributed by atoms with E-state index in [1.807, 2.05) is 0 Å². The Morgan fingerprint density at radius 1 is 1.58 bits per heavy atom. The van der Waals surface area contributed by atoms with Crippen molar-refractivity contribution in [2.75, 3.05) is 6.54 Å². The van der Waals surface area contributed by atoms with Crippen LogP contribution in [0.2, 0.25) is 0 Å². The highest BCUT2D eigenvalue weighted by Crippen LogP contribution is 2.15. The molecular weight excluding hydrogens is 164 g/mol. The van der Waals surface area contributed by atoms with Crippen LogP contribution >= 0.6 is 0 Å². The molecule has 0 spiro atoms. The van der Waals surface area contributed by atoms with E-state index in [0.29, 0.717) is 18.8 Å². The highest BCUT2D eigenvalue weighted by Gasteiger charge is 2.09. The molecule has 0 radical (unpaired) electrons. The first-order valence-corrected chi connectivity index (χ1v) is 3.76. The van der Waals surface area contributed by atoms with Gasteiger partial charge in [-0.25, -0.2) is 13.8 Å². The van der Waals surface area contributed by atoms with Gasteiger partial charge in [-0.1, -0.05) is 0 Å². The molecule has 0 saturated heterocycles. The predicted molar refractivity (Wildman–Crippen MR) is 40.9 cm³/mol. The average molecular weight is 175 g/mol. The normalized spacial score (nSPS) is 11.0. The van der Waals surface area contributed by atoms with Gasteiger partial charge in [-0.2, -0.15) is 0 Å². The topological polar surface area (TPSA) is 54.7 Å². The van der Waals surface area contributed by atoms with E-state index < -0.39 is 6.43 Å². The van der Waals surface area contributed by atoms with E-state index in [1.54, 1.807) is 0 Å². The molecule has 3 nitrogen and oxygen atoms in total. The molecule has 68 valence electrons. The first kappa shape index (κ1) is 9.12. The van der Waals surface area contributed by atoms with Crippen molar-refractivity contribution in [2.24, 2.45) is 5.73 Å². The van der Waals surface area contributed by atoms with Crippen LogP contribution in [0.15, 0.2) is 6.20 Å². The highest BCUT2D eigenvalue weighted by molar-refractivity contribution is 5.02. The van der Waals surface area contributed by atoms with Crippen molar-refractivity contribution in [3.63, 3.8) is 0 Å². The van der Waals surface area contributed by atoms with Crippen molar-refractivity contribution in [1.29, 1.82) is 0 Å². The Kier molecular flexibility index (Phi) is 3.16. The second kappa shape index (κ2) is 4.15. The molecule has 1 aromatic rings. The van der Waals surface area contributed by atoms with Crippen LogP contribution in [0.25, 0.3) is 0 Å². The summed E-state index contributed by atoms with van der Waals surface area (Å²) in [6.07, 6.45) is 0.0831. The lowest BCUT2D eigenvalue weighted by atomic mass is 10.3. The van der Waals surface area contributed by atoms with Gasteiger partial charge in [0.1, 0.15) is 11.5 Å². The maximum atomic E-state index is 12.0. The number of nitrogens with one attached hydrogen (secondary N) is 1. The quantitative estimate of drug-likeness (QED) is 0.723. The van der Waals surface area contributed by atoms with Crippen LogP contribution in [0.4, 0.5) is 8.78 Å². The van der Waals surface area contributed by atoms with E-state index in [-0.39, 0.29) is 5.69 Å². The molecule has 0 aliphatic heterocycles. The smallest absolute Gasteiger partial charge is 0.279 e. The molecule has 0 saturated carbocycles. The van der Waals surface area contributed by atoms with E-state index in [9.17, 15) is 8.78 Å². The number of imidazole rings is 1. The molecule has 0 bridgehead atoms. The number of nitrogens with two attached hydrogens (primary N) is 1. The van der Waals surface area contributed by atoms with Gasteiger partial charge in [0.25, 0.3) is 6.43 Å². The van der Waals surface area contributed by atoms with Crippen LogP contribution in [0, 0.1) is 0 Å². The van der Waals surface area contributed by atoms with Crippen LogP contribution < -0.4 is 5.73 Å². The largest absolute Gasteiger partial charge is 0.341 e. The molecule has 1 rings (SSSR count). The Bertz CT molecular complexity index is 234. The molecule has 3 N–H and O–H groups in total. The maximum Gasteiger partial charge on any atom is 0.279 e. The summed E-state index contributed by atoms with van der Waals surface area (Å²) in [5.74, 6) is 0.579. The van der Waals surface area contributed by atoms with Crippen LogP contribution in [-0.4, -0.2) is 16.5 Å². The minimum atomic E-state index is -2.47. The number of hydrogen-bond donors (Lipinski definition) is 2. The number of aromatic nitrogens is 2. The van der Waals surface area contributed by atoms with Crippen LogP contribution in [0.5, 0.6) is 0 Å². The zero-order chi connectivity index (χ0) is 8.97. The number of aromatic amines is 1. The van der Waals surface area contributed by atoms with E-state index in [0.717, 1.165) is 12.6 Å². The van der Waals surface area contributed by atoms with Crippen molar-refractivity contribution in [3.8, 4) is 0 Å². The molecule has 0 aromatic carbocycles. The fraction of sp³-hybridized carbons (Fsp3) is 0.571. The van der Waals surface area contributed by atoms with Crippen molar-refractivity contribution in [2.45, 2.75) is 19.3 Å². The van der Waals surface area contributed by atoms with Gasteiger partial charge in [0, 0.05) is 6.42 Å². The molecular formula is C7H11F2N3. The third-order valence-electron chi connectivity index (χ3n) is 1.50. The van der Waals surface area contributed by atoms with Gasteiger partial charge < -0.3 is 10.7 Å². The average Bonchev–Trinajstić information content (AvgIpc) is 2.48. The number of halogens is 2. The van der Waals surface area contributed by atoms with E-state index in [4.69, 9.17) is 5.73 Å². The number of aryl methyl sites for hydroxylation is 1. The lowest BCUT2D eigenvalue weighted by molar-refractivity contribution is 0.146. The number of H-pyrrole nitrogens is 1. The van der Waals surface area contributed by atoms with Crippen molar-refractivity contribution < 1.29 is 8.78 Å². The lowest BCUT2D eigenvalue weighted by Crippen LogP contribution is -2.01. The summed E-state index contributed by atoms with van der Waals surface area (Å²) < 4.78 is 24.0. The highest BCUT2D eigenvalue weighted by atomic mass is 19.3. The Morgan fingerprint density at radius 3 is 2.83 bits per heavy atom. The van der Waals surface area contributed by atoms with Crippen molar-refractivity contribution in [3.05, 3.63) is 17.7 Å². The molecule has 1 aromatic heterocycles. The van der Waals surface area contributed by atoms with Gasteiger partial charge >= 0.3 is 0 Å². The monoisotopic (exact) mass is 175 g/mol. The molecule has 0 atom stereocenters. The second-order valence-electron chi connectivity index (χ2n) is 2.48. The molecule has 0 fully saturated rings. The van der Waals surface area contributed by atoms with E-state index in [1.165, 1.54) is 0 Å². The first-order chi connectivity index (χ1) is 5.74. The molecule has 0 unspecified atom stereocenters. The van der Waals surface area contributed by atoms with Gasteiger partial charge in [0.15, 0.2) is 0 Å². The van der Waals surface area contributed by atoms with Gasteiger partial charge in [-0.15, -0.1) is 0 Å². The summed E-state index contributed by atoms with van der Waals surface area (Å²) in [7, 11) is 0. The standard InChI is InChI=1S/C7H11F2N3/c8-7(9)5-4-11-6(12-5)2-1-3-10/h4,7H,1-3,10H2,(H,11,12). The fourth-order valence-corrected chi connectivity index (χ4v) is 0.886. The summed E-state index contributed by atoms with van der Waals surface area (Å²) in [6, 6.07) is 0. The molecule has 1 heterocycles. The Morgan fingerprint density at radius 2 is 2.33 bits per heavy atom. The minimum absolute atomic E-state index is 0.123. The van der Waals surface area contributed by atoms with Crippen molar-refractivity contribution in [1.82, 2.24) is 9.97 Å². The number of alkyl halides is 2. The first-order valence-electron chi connectivity index (χ1n) is 3.76. The Balaban J connectivity index is 2.52. The number of hydrogen-bond acceptors (Lipinski definition) is 2. The molecule has 0 amide bonds. The van der Waals surface area contributed by atoms with Crippen LogP contribution in [0.1, 0.15) is 24.4 Å². The Hall–Kier alpha value is -0.970. The zero-order valence-corrected chi connectivity index (χ0v) is 6.56. The van der Waals surface area contributed by atoms with Gasteiger partial charge in [-0.3, -0.25) is 0 Å². The number of nitrogens with zero attached hydrogens (tertiary/aromatic N) is 1. The third-order valence-corrected chi connectivity index (χ3v) is 1.50. The molecule has 12 heavy (non-hydrogen) atoms. The van der Waals surface area contributed by atoms with Crippen molar-refractivity contribution >= 4 is 0 Å². The molecule has 5 heteroatoms. The van der Waals surface area contributed by atoms with Gasteiger partial charge in [-0.05, 0) is 13.0 Å². The van der Waals surface area contributed by atoms with Gasteiger partial charge in [0.05, 0.1) is 6.20 Å². The summed E-state index contributed by atoms with van der Waals surface area (Å²) in [4.78, 5) is 6.31. The third kappa shape index (κ3) is 2.27. The zero-order valence-electron chi connectivity index (χ0n) is 6.56. The second-order valence-corrected chi connectivity index (χ2v) is 2.48. The lowest BCUT2D eigenvalue weighted by Gasteiger charge is -1.93. The summed E-state index contributed by atoms with van der Waals surface area (Å²) in [6.45, 7) is 0.546. The Labute approximate surface area is 69.0 Å². The van der Waals surface area contributed by atoms with Gasteiger partial charge in [0.2, 0.25) is 0 Å². The van der Waals surface area contributed by atoms with Crippen LogP contribution in [0.3, 0.4) is 0 Å². The molecule has 0 aliphatic carbocycles. The summed E-state index contributed by atoms with van der Waals surface area (Å²) >= 11 is 0.